The van der Waals surface area contributed by atoms with Gasteiger partial charge in [0.25, 0.3) is 0 Å². The summed E-state index contributed by atoms with van der Waals surface area (Å²) in [7, 11) is -2.44. The van der Waals surface area contributed by atoms with Crippen molar-refractivity contribution in [1.82, 2.24) is 0 Å². The minimum atomic E-state index is -2.55. The smallest absolute Gasteiger partial charge is 0.111 e. The summed E-state index contributed by atoms with van der Waals surface area (Å²) >= 11 is 6.46. The second-order valence-electron chi connectivity index (χ2n) is 7.09. The molecule has 0 amide bonds. The molecule has 0 aliphatic heterocycles. The highest BCUT2D eigenvalue weighted by atomic mass is 32.4. The summed E-state index contributed by atoms with van der Waals surface area (Å²) in [5.41, 5.74) is 0. The Labute approximate surface area is 189 Å². The summed E-state index contributed by atoms with van der Waals surface area (Å²) in [4.78, 5) is 0. The van der Waals surface area contributed by atoms with Gasteiger partial charge in [0.2, 0.25) is 0 Å². The molecular formula is C26H22N2P2S. The summed E-state index contributed by atoms with van der Waals surface area (Å²) in [6.07, 6.45) is -2.23. The van der Waals surface area contributed by atoms with Crippen molar-refractivity contribution < 1.29 is 0 Å². The third-order valence-electron chi connectivity index (χ3n) is 5.16. The zero-order valence-corrected chi connectivity index (χ0v) is 19.6. The standard InChI is InChI=1S/C26H22N2P2S/c27-21-22-29(23-13-5-1-6-14-23,24-15-7-2-8-16-24)28-30(31,25-17-9-3-10-18-25)26-19-11-4-12-20-26/h1-20H,22H2. The predicted molar refractivity (Wildman–Crippen MR) is 138 cm³/mol. The molecule has 152 valence electrons. The van der Waals surface area contributed by atoms with Crippen LogP contribution in [-0.4, -0.2) is 6.16 Å². The van der Waals surface area contributed by atoms with E-state index in [1.54, 1.807) is 0 Å². The number of rotatable bonds is 6. The van der Waals surface area contributed by atoms with Crippen molar-refractivity contribution in [2.24, 2.45) is 4.52 Å². The highest BCUT2D eigenvalue weighted by Crippen LogP contribution is 2.59. The van der Waals surface area contributed by atoms with Crippen molar-refractivity contribution in [3.63, 3.8) is 0 Å². The Morgan fingerprint density at radius 1 is 0.581 bits per heavy atom. The average molecular weight is 456 g/mol. The van der Waals surface area contributed by atoms with Gasteiger partial charge in [-0.1, -0.05) is 133 Å². The first-order valence-electron chi connectivity index (χ1n) is 10.0. The average Bonchev–Trinajstić information content (AvgIpc) is 2.86. The van der Waals surface area contributed by atoms with Crippen molar-refractivity contribution in [1.29, 1.82) is 5.26 Å². The second-order valence-corrected chi connectivity index (χ2v) is 14.5. The van der Waals surface area contributed by atoms with Gasteiger partial charge in [-0.05, 0) is 10.6 Å². The SMILES string of the molecule is N#CCP(=NP(=S)(c1ccccc1)c1ccccc1)(c1ccccc1)c1ccccc1. The van der Waals surface area contributed by atoms with Crippen LogP contribution < -0.4 is 21.2 Å². The predicted octanol–water partition coefficient (Wildman–Crippen LogP) is 5.41. The van der Waals surface area contributed by atoms with Crippen molar-refractivity contribution >= 4 is 46.3 Å². The molecule has 0 heterocycles. The van der Waals surface area contributed by atoms with Crippen molar-refractivity contribution in [3.05, 3.63) is 121 Å². The monoisotopic (exact) mass is 456 g/mol. The van der Waals surface area contributed by atoms with E-state index < -0.39 is 13.2 Å². The van der Waals surface area contributed by atoms with Crippen LogP contribution in [0.3, 0.4) is 0 Å². The molecule has 0 aliphatic rings. The normalized spacial score (nSPS) is 11.5. The van der Waals surface area contributed by atoms with Gasteiger partial charge in [0.05, 0.1) is 12.2 Å². The molecule has 5 heteroatoms. The highest BCUT2D eigenvalue weighted by molar-refractivity contribution is 8.22. The van der Waals surface area contributed by atoms with Crippen LogP contribution in [0.2, 0.25) is 0 Å². The number of benzene rings is 4. The van der Waals surface area contributed by atoms with Crippen LogP contribution in [0.5, 0.6) is 0 Å². The Bertz CT molecular complexity index is 1200. The van der Waals surface area contributed by atoms with Gasteiger partial charge >= 0.3 is 0 Å². The van der Waals surface area contributed by atoms with E-state index in [0.717, 1.165) is 21.2 Å². The summed E-state index contributed by atoms with van der Waals surface area (Å²) in [6.45, 7) is 0. The maximum absolute atomic E-state index is 9.96. The maximum Gasteiger partial charge on any atom is 0.111 e. The zero-order chi connectivity index (χ0) is 21.6. The summed E-state index contributed by atoms with van der Waals surface area (Å²) in [5.74, 6) is 0. The fourth-order valence-corrected chi connectivity index (χ4v) is 12.8. The molecule has 0 saturated heterocycles. The first-order valence-corrected chi connectivity index (χ1v) is 14.7. The fourth-order valence-electron chi connectivity index (χ4n) is 3.65. The molecule has 0 atom stereocenters. The minimum Gasteiger partial charge on any atom is -0.252 e. The molecule has 0 spiro atoms. The molecule has 0 unspecified atom stereocenters. The van der Waals surface area contributed by atoms with E-state index in [1.807, 2.05) is 72.8 Å². The zero-order valence-electron chi connectivity index (χ0n) is 17.0. The molecule has 0 fully saturated rings. The van der Waals surface area contributed by atoms with E-state index in [1.165, 1.54) is 0 Å². The highest BCUT2D eigenvalue weighted by Gasteiger charge is 2.31. The maximum atomic E-state index is 9.96. The molecule has 2 nitrogen and oxygen atoms in total. The van der Waals surface area contributed by atoms with Crippen LogP contribution in [0.15, 0.2) is 126 Å². The Morgan fingerprint density at radius 3 is 1.23 bits per heavy atom. The molecule has 4 rings (SSSR count). The van der Waals surface area contributed by atoms with Crippen LogP contribution in [0.4, 0.5) is 0 Å². The topological polar surface area (TPSA) is 36.1 Å². The van der Waals surface area contributed by atoms with Crippen molar-refractivity contribution in [2.45, 2.75) is 0 Å². The molecule has 0 aromatic heterocycles. The summed E-state index contributed by atoms with van der Waals surface area (Å²) in [5, 5.41) is 14.2. The first kappa shape index (κ1) is 21.5. The van der Waals surface area contributed by atoms with Crippen LogP contribution in [0, 0.1) is 11.3 Å². The van der Waals surface area contributed by atoms with Crippen LogP contribution >= 0.6 is 13.2 Å². The molecule has 0 radical (unpaired) electrons. The lowest BCUT2D eigenvalue weighted by Crippen LogP contribution is -2.21. The molecule has 31 heavy (non-hydrogen) atoms. The van der Waals surface area contributed by atoms with E-state index in [4.69, 9.17) is 16.3 Å². The Balaban J connectivity index is 2.13. The summed E-state index contributed by atoms with van der Waals surface area (Å²) < 4.78 is 5.62. The molecule has 4 aromatic rings. The molecule has 0 bridgehead atoms. The Hall–Kier alpha value is -2.75. The van der Waals surface area contributed by atoms with Gasteiger partial charge in [0.15, 0.2) is 0 Å². The molecule has 4 aromatic carbocycles. The molecule has 0 N–H and O–H groups in total. The lowest BCUT2D eigenvalue weighted by atomic mass is 10.4. The quantitative estimate of drug-likeness (QED) is 0.364. The van der Waals surface area contributed by atoms with Crippen LogP contribution in [-0.2, 0) is 11.8 Å². The van der Waals surface area contributed by atoms with Gasteiger partial charge in [-0.15, -0.1) is 0 Å². The van der Waals surface area contributed by atoms with Gasteiger partial charge in [-0.3, -0.25) is 4.52 Å². The van der Waals surface area contributed by atoms with Crippen molar-refractivity contribution in [3.8, 4) is 6.07 Å². The van der Waals surface area contributed by atoms with Crippen LogP contribution in [0.25, 0.3) is 0 Å². The fraction of sp³-hybridized carbons (Fsp3) is 0.0385. The first-order chi connectivity index (χ1) is 15.2. The Kier molecular flexibility index (Phi) is 6.64. The van der Waals surface area contributed by atoms with E-state index >= 15 is 0 Å². The van der Waals surface area contributed by atoms with Gasteiger partial charge < -0.3 is 0 Å². The van der Waals surface area contributed by atoms with Gasteiger partial charge in [-0.25, -0.2) is 0 Å². The van der Waals surface area contributed by atoms with Crippen LogP contribution in [0.1, 0.15) is 0 Å². The van der Waals surface area contributed by atoms with E-state index in [2.05, 4.69) is 54.6 Å². The minimum absolute atomic E-state index is 0.319. The molecule has 0 aliphatic carbocycles. The van der Waals surface area contributed by atoms with Gasteiger partial charge in [-0.2, -0.15) is 5.26 Å². The third kappa shape index (κ3) is 4.34. The van der Waals surface area contributed by atoms with Gasteiger partial charge in [0.1, 0.15) is 6.19 Å². The Morgan fingerprint density at radius 2 is 0.903 bits per heavy atom. The summed E-state index contributed by atoms with van der Waals surface area (Å²) in [6, 6.07) is 43.3. The lowest BCUT2D eigenvalue weighted by Gasteiger charge is -2.29. The molecular weight excluding hydrogens is 434 g/mol. The number of nitrogens with zero attached hydrogens (tertiary/aromatic N) is 2. The third-order valence-corrected chi connectivity index (χ3v) is 14.2. The van der Waals surface area contributed by atoms with Crippen molar-refractivity contribution in [2.75, 3.05) is 6.16 Å². The van der Waals surface area contributed by atoms with Gasteiger partial charge in [0, 0.05) is 17.7 Å². The molecule has 0 saturated carbocycles. The van der Waals surface area contributed by atoms with E-state index in [-0.39, 0.29) is 0 Å². The number of nitriles is 1. The van der Waals surface area contributed by atoms with E-state index in [0.29, 0.717) is 6.16 Å². The number of hydrogen-bond donors (Lipinski definition) is 0. The largest absolute Gasteiger partial charge is 0.252 e. The second kappa shape index (κ2) is 9.59. The lowest BCUT2D eigenvalue weighted by molar-refractivity contribution is 1.48. The van der Waals surface area contributed by atoms with E-state index in [9.17, 15) is 5.26 Å². The number of hydrogen-bond acceptors (Lipinski definition) is 2.